The lowest BCUT2D eigenvalue weighted by Gasteiger charge is -2.11. The maximum Gasteiger partial charge on any atom is 0.258 e. The second kappa shape index (κ2) is 6.37. The molecule has 0 bridgehead atoms. The van der Waals surface area contributed by atoms with Crippen molar-refractivity contribution in [3.8, 4) is 28.6 Å². The van der Waals surface area contributed by atoms with Crippen LogP contribution in [0.1, 0.15) is 13.8 Å². The van der Waals surface area contributed by atoms with Crippen LogP contribution in [0, 0.1) is 0 Å². The Hall–Kier alpha value is -2.60. The van der Waals surface area contributed by atoms with Crippen molar-refractivity contribution < 1.29 is 9.26 Å². The van der Waals surface area contributed by atoms with E-state index in [0.717, 1.165) is 32.3 Å². The highest BCUT2D eigenvalue weighted by molar-refractivity contribution is 9.10. The van der Waals surface area contributed by atoms with Gasteiger partial charge in [-0.05, 0) is 60.1 Å². The van der Waals surface area contributed by atoms with Gasteiger partial charge in [0.05, 0.1) is 10.6 Å². The van der Waals surface area contributed by atoms with Gasteiger partial charge in [-0.2, -0.15) is 4.98 Å². The van der Waals surface area contributed by atoms with Crippen molar-refractivity contribution in [1.29, 1.82) is 0 Å². The molecule has 0 amide bonds. The van der Waals surface area contributed by atoms with Gasteiger partial charge < -0.3 is 14.2 Å². The number of nitrogens with one attached hydrogen (secondary N) is 1. The molecule has 0 saturated carbocycles. The number of benzene rings is 2. The van der Waals surface area contributed by atoms with E-state index in [1.54, 1.807) is 0 Å². The van der Waals surface area contributed by atoms with E-state index in [4.69, 9.17) is 9.26 Å². The quantitative estimate of drug-likeness (QED) is 0.498. The molecule has 0 spiro atoms. The highest BCUT2D eigenvalue weighted by Gasteiger charge is 2.15. The summed E-state index contributed by atoms with van der Waals surface area (Å²) < 4.78 is 12.1. The maximum atomic E-state index is 5.73. The number of aromatic nitrogens is 3. The molecule has 0 radical (unpaired) electrons. The normalized spacial score (nSPS) is 11.4. The first-order chi connectivity index (χ1) is 12.1. The molecule has 0 fully saturated rings. The van der Waals surface area contributed by atoms with Crippen molar-refractivity contribution in [3.05, 3.63) is 53.1 Å². The number of halogens is 1. The molecule has 25 heavy (non-hydrogen) atoms. The fraction of sp³-hybridized carbons (Fsp3) is 0.158. The molecule has 0 aliphatic rings. The Kier molecular flexibility index (Phi) is 4.05. The number of H-pyrrole nitrogens is 1. The standard InChI is InChI=1S/C19H16BrN3O2/c1-11(2)24-17-7-6-12(10-15(17)20)19-22-18(23-25-19)14-4-3-5-16-13(14)8-9-21-16/h3-11,21H,1-2H3. The zero-order valence-corrected chi connectivity index (χ0v) is 15.4. The van der Waals surface area contributed by atoms with Crippen molar-refractivity contribution in [2.24, 2.45) is 0 Å². The van der Waals surface area contributed by atoms with Gasteiger partial charge in [-0.25, -0.2) is 0 Å². The van der Waals surface area contributed by atoms with E-state index in [-0.39, 0.29) is 6.10 Å². The van der Waals surface area contributed by atoms with E-state index in [2.05, 4.69) is 31.1 Å². The third-order valence-electron chi connectivity index (χ3n) is 3.80. The monoisotopic (exact) mass is 397 g/mol. The Morgan fingerprint density at radius 1 is 1.16 bits per heavy atom. The summed E-state index contributed by atoms with van der Waals surface area (Å²) in [7, 11) is 0. The molecule has 2 aromatic carbocycles. The minimum atomic E-state index is 0.110. The van der Waals surface area contributed by atoms with Crippen LogP contribution in [0.15, 0.2) is 57.7 Å². The largest absolute Gasteiger partial charge is 0.490 e. The third kappa shape index (κ3) is 3.05. The highest BCUT2D eigenvalue weighted by Crippen LogP contribution is 2.32. The Balaban J connectivity index is 1.70. The molecule has 0 atom stereocenters. The minimum Gasteiger partial charge on any atom is -0.490 e. The Morgan fingerprint density at radius 3 is 2.84 bits per heavy atom. The van der Waals surface area contributed by atoms with Crippen molar-refractivity contribution in [2.75, 3.05) is 0 Å². The van der Waals surface area contributed by atoms with Crippen LogP contribution in [0.25, 0.3) is 33.7 Å². The van der Waals surface area contributed by atoms with E-state index in [1.165, 1.54) is 0 Å². The minimum absolute atomic E-state index is 0.110. The van der Waals surface area contributed by atoms with Crippen LogP contribution in [-0.4, -0.2) is 21.2 Å². The molecule has 5 nitrogen and oxygen atoms in total. The summed E-state index contributed by atoms with van der Waals surface area (Å²) in [4.78, 5) is 7.75. The molecule has 2 heterocycles. The van der Waals surface area contributed by atoms with Crippen LogP contribution < -0.4 is 4.74 Å². The lowest BCUT2D eigenvalue weighted by molar-refractivity contribution is 0.241. The SMILES string of the molecule is CC(C)Oc1ccc(-c2nc(-c3cccc4[nH]ccc34)no2)cc1Br. The average Bonchev–Trinajstić information content (AvgIpc) is 3.24. The lowest BCUT2D eigenvalue weighted by Crippen LogP contribution is -2.05. The van der Waals surface area contributed by atoms with Crippen LogP contribution in [0.4, 0.5) is 0 Å². The zero-order chi connectivity index (χ0) is 17.4. The second-order valence-electron chi connectivity index (χ2n) is 5.98. The molecule has 126 valence electrons. The summed E-state index contributed by atoms with van der Waals surface area (Å²) in [5.41, 5.74) is 2.82. The molecular weight excluding hydrogens is 382 g/mol. The number of fused-ring (bicyclic) bond motifs is 1. The predicted molar refractivity (Wildman–Crippen MR) is 100 cm³/mol. The van der Waals surface area contributed by atoms with Gasteiger partial charge in [-0.1, -0.05) is 17.3 Å². The molecule has 0 aliphatic carbocycles. The molecular formula is C19H16BrN3O2. The van der Waals surface area contributed by atoms with Gasteiger partial charge in [-0.3, -0.25) is 0 Å². The third-order valence-corrected chi connectivity index (χ3v) is 4.42. The van der Waals surface area contributed by atoms with Gasteiger partial charge in [0.25, 0.3) is 5.89 Å². The molecule has 4 rings (SSSR count). The van der Waals surface area contributed by atoms with E-state index < -0.39 is 0 Å². The van der Waals surface area contributed by atoms with Crippen LogP contribution in [0.2, 0.25) is 0 Å². The molecule has 0 aliphatic heterocycles. The number of hydrogen-bond donors (Lipinski definition) is 1. The lowest BCUT2D eigenvalue weighted by atomic mass is 10.1. The van der Waals surface area contributed by atoms with Crippen LogP contribution >= 0.6 is 15.9 Å². The fourth-order valence-corrected chi connectivity index (χ4v) is 3.19. The average molecular weight is 398 g/mol. The molecule has 1 N–H and O–H groups in total. The maximum absolute atomic E-state index is 5.73. The van der Waals surface area contributed by atoms with Gasteiger partial charge in [0, 0.05) is 28.2 Å². The Bertz CT molecular complexity index is 1040. The summed E-state index contributed by atoms with van der Waals surface area (Å²) in [6, 6.07) is 13.7. The van der Waals surface area contributed by atoms with Gasteiger partial charge in [-0.15, -0.1) is 0 Å². The molecule has 0 unspecified atom stereocenters. The van der Waals surface area contributed by atoms with E-state index in [0.29, 0.717) is 11.7 Å². The summed E-state index contributed by atoms with van der Waals surface area (Å²) in [6.07, 6.45) is 2.01. The summed E-state index contributed by atoms with van der Waals surface area (Å²) in [5.74, 6) is 1.83. The summed E-state index contributed by atoms with van der Waals surface area (Å²) in [6.45, 7) is 3.98. The van der Waals surface area contributed by atoms with Gasteiger partial charge in [0.1, 0.15) is 5.75 Å². The predicted octanol–water partition coefficient (Wildman–Crippen LogP) is 5.43. The van der Waals surface area contributed by atoms with Crippen LogP contribution in [0.5, 0.6) is 5.75 Å². The first-order valence-electron chi connectivity index (χ1n) is 7.98. The topological polar surface area (TPSA) is 63.9 Å². The van der Waals surface area contributed by atoms with E-state index in [1.807, 2.05) is 62.5 Å². The van der Waals surface area contributed by atoms with Crippen molar-refractivity contribution >= 4 is 26.8 Å². The fourth-order valence-electron chi connectivity index (χ4n) is 2.71. The number of ether oxygens (including phenoxy) is 1. The van der Waals surface area contributed by atoms with Crippen molar-refractivity contribution in [3.63, 3.8) is 0 Å². The Morgan fingerprint density at radius 2 is 2.04 bits per heavy atom. The summed E-state index contributed by atoms with van der Waals surface area (Å²) in [5, 5.41) is 5.21. The number of rotatable bonds is 4. The van der Waals surface area contributed by atoms with E-state index in [9.17, 15) is 0 Å². The highest BCUT2D eigenvalue weighted by atomic mass is 79.9. The van der Waals surface area contributed by atoms with Gasteiger partial charge in [0.15, 0.2) is 0 Å². The van der Waals surface area contributed by atoms with Gasteiger partial charge in [0.2, 0.25) is 5.82 Å². The molecule has 4 aromatic rings. The number of hydrogen-bond acceptors (Lipinski definition) is 4. The van der Waals surface area contributed by atoms with E-state index >= 15 is 0 Å². The Labute approximate surface area is 153 Å². The second-order valence-corrected chi connectivity index (χ2v) is 6.83. The van der Waals surface area contributed by atoms with Crippen LogP contribution in [-0.2, 0) is 0 Å². The number of aromatic amines is 1. The van der Waals surface area contributed by atoms with Crippen LogP contribution in [0.3, 0.4) is 0 Å². The van der Waals surface area contributed by atoms with Crippen molar-refractivity contribution in [2.45, 2.75) is 20.0 Å². The number of nitrogens with zero attached hydrogens (tertiary/aromatic N) is 2. The summed E-state index contributed by atoms with van der Waals surface area (Å²) >= 11 is 3.53. The smallest absolute Gasteiger partial charge is 0.258 e. The first kappa shape index (κ1) is 15.9. The van der Waals surface area contributed by atoms with Gasteiger partial charge >= 0.3 is 0 Å². The molecule has 0 saturated heterocycles. The first-order valence-corrected chi connectivity index (χ1v) is 8.78. The molecule has 2 aromatic heterocycles. The zero-order valence-electron chi connectivity index (χ0n) is 13.8. The van der Waals surface area contributed by atoms with Crippen molar-refractivity contribution in [1.82, 2.24) is 15.1 Å². The molecule has 6 heteroatoms.